The van der Waals surface area contributed by atoms with E-state index in [9.17, 15) is 32.3 Å². The third-order valence-electron chi connectivity index (χ3n) is 9.32. The molecule has 9 nitrogen and oxygen atoms in total. The minimum Gasteiger partial charge on any atom is -0.325 e. The molecule has 44 heavy (non-hydrogen) atoms. The van der Waals surface area contributed by atoms with Crippen molar-refractivity contribution in [1.29, 1.82) is 0 Å². The van der Waals surface area contributed by atoms with Crippen LogP contribution in [0, 0.1) is 0 Å². The molecule has 7 rings (SSSR count). The zero-order valence-corrected chi connectivity index (χ0v) is 23.5. The van der Waals surface area contributed by atoms with E-state index in [4.69, 9.17) is 0 Å². The molecule has 0 saturated carbocycles. The molecule has 226 valence electrons. The second kappa shape index (κ2) is 9.90. The van der Waals surface area contributed by atoms with Crippen molar-refractivity contribution in [2.75, 3.05) is 23.7 Å². The molecule has 1 aromatic heterocycles. The van der Waals surface area contributed by atoms with Gasteiger partial charge in [-0.3, -0.25) is 24.2 Å². The number of alkyl halides is 3. The molecule has 2 N–H and O–H groups in total. The highest BCUT2D eigenvalue weighted by Gasteiger charge is 2.61. The maximum Gasteiger partial charge on any atom is 0.406 e. The third-order valence-corrected chi connectivity index (χ3v) is 9.32. The van der Waals surface area contributed by atoms with Crippen LogP contribution in [0.4, 0.5) is 29.5 Å². The van der Waals surface area contributed by atoms with E-state index in [0.717, 1.165) is 27.2 Å². The van der Waals surface area contributed by atoms with Crippen LogP contribution in [-0.4, -0.2) is 57.8 Å². The molecule has 2 aliphatic heterocycles. The summed E-state index contributed by atoms with van der Waals surface area (Å²) in [5, 5.41) is 5.63. The normalized spacial score (nSPS) is 23.9. The van der Waals surface area contributed by atoms with Gasteiger partial charge in [0, 0.05) is 17.4 Å². The fourth-order valence-corrected chi connectivity index (χ4v) is 7.42. The monoisotopic (exact) mass is 603 g/mol. The SMILES string of the molecule is O=C(CN1C(=O)N(CC(F)(F)F)C(=O)C12CCCCc1ccccc12)Nc1ccc2c(c1)C[C@@]1(C2)C(=O)Nc2ncccc21. The molecule has 0 bridgehead atoms. The van der Waals surface area contributed by atoms with E-state index in [0.29, 0.717) is 49.2 Å². The summed E-state index contributed by atoms with van der Waals surface area (Å²) in [6.07, 6.45) is -0.413. The van der Waals surface area contributed by atoms with Crippen LogP contribution in [0.1, 0.15) is 47.1 Å². The number of carbonyl (C=O) groups excluding carboxylic acids is 4. The summed E-state index contributed by atoms with van der Waals surface area (Å²) in [7, 11) is 0. The van der Waals surface area contributed by atoms with Gasteiger partial charge in [-0.25, -0.2) is 9.78 Å². The van der Waals surface area contributed by atoms with Crippen molar-refractivity contribution >= 4 is 35.3 Å². The Balaban J connectivity index is 1.17. The highest BCUT2D eigenvalue weighted by atomic mass is 19.4. The molecule has 2 aliphatic carbocycles. The molecule has 4 aliphatic rings. The number of urea groups is 1. The van der Waals surface area contributed by atoms with Gasteiger partial charge in [-0.1, -0.05) is 36.4 Å². The maximum absolute atomic E-state index is 13.8. The van der Waals surface area contributed by atoms with Crippen LogP contribution in [0.15, 0.2) is 60.8 Å². The molecule has 1 saturated heterocycles. The molecule has 5 amide bonds. The van der Waals surface area contributed by atoms with Crippen LogP contribution in [0.25, 0.3) is 0 Å². The first-order valence-corrected chi connectivity index (χ1v) is 14.5. The molecule has 3 aromatic rings. The number of aryl methyl sites for hydroxylation is 1. The Morgan fingerprint density at radius 3 is 2.55 bits per heavy atom. The zero-order valence-electron chi connectivity index (χ0n) is 23.5. The number of pyridine rings is 1. The Morgan fingerprint density at radius 1 is 0.955 bits per heavy atom. The van der Waals surface area contributed by atoms with E-state index in [1.165, 1.54) is 0 Å². The number of benzene rings is 2. The predicted molar refractivity (Wildman–Crippen MR) is 153 cm³/mol. The summed E-state index contributed by atoms with van der Waals surface area (Å²) in [6, 6.07) is 14.8. The second-order valence-electron chi connectivity index (χ2n) is 11.9. The number of aromatic nitrogens is 1. The van der Waals surface area contributed by atoms with Gasteiger partial charge in [-0.15, -0.1) is 0 Å². The van der Waals surface area contributed by atoms with Crippen LogP contribution >= 0.6 is 0 Å². The fourth-order valence-electron chi connectivity index (χ4n) is 7.42. The molecular formula is C32H28F3N5O4. The van der Waals surface area contributed by atoms with E-state index in [1.54, 1.807) is 48.7 Å². The van der Waals surface area contributed by atoms with E-state index >= 15 is 0 Å². The molecule has 1 fully saturated rings. The highest BCUT2D eigenvalue weighted by Crippen LogP contribution is 2.48. The highest BCUT2D eigenvalue weighted by molar-refractivity contribution is 6.10. The minimum absolute atomic E-state index is 0.107. The van der Waals surface area contributed by atoms with E-state index < -0.39 is 48.1 Å². The number of nitrogens with zero attached hydrogens (tertiary/aromatic N) is 3. The smallest absolute Gasteiger partial charge is 0.325 e. The first-order chi connectivity index (χ1) is 21.0. The maximum atomic E-state index is 13.8. The molecule has 1 unspecified atom stereocenters. The lowest BCUT2D eigenvalue weighted by Gasteiger charge is -2.35. The lowest BCUT2D eigenvalue weighted by molar-refractivity contribution is -0.155. The molecule has 2 atom stereocenters. The van der Waals surface area contributed by atoms with Crippen molar-refractivity contribution in [3.63, 3.8) is 0 Å². The lowest BCUT2D eigenvalue weighted by atomic mass is 9.79. The van der Waals surface area contributed by atoms with Gasteiger partial charge >= 0.3 is 12.2 Å². The number of rotatable bonds is 4. The van der Waals surface area contributed by atoms with Crippen LogP contribution in [0.2, 0.25) is 0 Å². The van der Waals surface area contributed by atoms with Crippen molar-refractivity contribution in [2.24, 2.45) is 0 Å². The molecule has 2 spiro atoms. The predicted octanol–water partition coefficient (Wildman–Crippen LogP) is 4.46. The van der Waals surface area contributed by atoms with Gasteiger partial charge in [0.15, 0.2) is 0 Å². The number of fused-ring (bicyclic) bond motifs is 5. The van der Waals surface area contributed by atoms with Crippen LogP contribution in [-0.2, 0) is 44.6 Å². The molecule has 3 heterocycles. The van der Waals surface area contributed by atoms with E-state index in [1.807, 2.05) is 12.1 Å². The Kier molecular flexibility index (Phi) is 6.31. The first kappa shape index (κ1) is 28.1. The van der Waals surface area contributed by atoms with Gasteiger partial charge in [-0.05, 0) is 79.0 Å². The Bertz CT molecular complexity index is 1740. The van der Waals surface area contributed by atoms with Crippen LogP contribution < -0.4 is 10.6 Å². The van der Waals surface area contributed by atoms with Gasteiger partial charge in [0.2, 0.25) is 11.8 Å². The zero-order chi connectivity index (χ0) is 30.9. The van der Waals surface area contributed by atoms with Gasteiger partial charge in [0.1, 0.15) is 24.4 Å². The summed E-state index contributed by atoms with van der Waals surface area (Å²) in [4.78, 5) is 59.3. The number of carbonyl (C=O) groups is 4. The van der Waals surface area contributed by atoms with Gasteiger partial charge in [0.25, 0.3) is 5.91 Å². The van der Waals surface area contributed by atoms with Crippen molar-refractivity contribution in [2.45, 2.75) is 55.7 Å². The first-order valence-electron chi connectivity index (χ1n) is 14.5. The summed E-state index contributed by atoms with van der Waals surface area (Å²) >= 11 is 0. The number of hydrogen-bond donors (Lipinski definition) is 2. The van der Waals surface area contributed by atoms with E-state index in [-0.39, 0.29) is 17.2 Å². The number of anilines is 2. The van der Waals surface area contributed by atoms with Gasteiger partial charge in [0.05, 0.1) is 5.41 Å². The summed E-state index contributed by atoms with van der Waals surface area (Å²) in [5.74, 6) is -1.21. The Labute approximate surface area is 250 Å². The summed E-state index contributed by atoms with van der Waals surface area (Å²) in [5.41, 5.74) is 1.77. The molecule has 0 radical (unpaired) electrons. The van der Waals surface area contributed by atoms with Crippen molar-refractivity contribution in [3.8, 4) is 0 Å². The number of amides is 5. The standard InChI is InChI=1S/C32H28F3N5O4/c33-32(34,35)18-39-28(43)31(12-4-3-7-19-6-1-2-8-23(19)31)40(29(39)44)17-25(41)37-22-11-10-20-15-30(16-21(20)14-22)24-9-5-13-36-26(24)38-27(30)42/h1-2,5-6,8-11,13-14H,3-4,7,12,15-18H2,(H,37,41)(H,36,38,42)/t30-,31?/m1/s1. The average Bonchev–Trinajstić information content (AvgIpc) is 3.49. The second-order valence-corrected chi connectivity index (χ2v) is 11.9. The average molecular weight is 604 g/mol. The molecule has 12 heteroatoms. The lowest BCUT2D eigenvalue weighted by Crippen LogP contribution is -2.50. The number of imide groups is 1. The van der Waals surface area contributed by atoms with Crippen molar-refractivity contribution in [1.82, 2.24) is 14.8 Å². The number of nitrogens with one attached hydrogen (secondary N) is 2. The number of hydrogen-bond acceptors (Lipinski definition) is 5. The Morgan fingerprint density at radius 2 is 1.73 bits per heavy atom. The quantitative estimate of drug-likeness (QED) is 0.428. The molecular weight excluding hydrogens is 575 g/mol. The summed E-state index contributed by atoms with van der Waals surface area (Å²) < 4.78 is 40.5. The van der Waals surface area contributed by atoms with Gasteiger partial charge in [-0.2, -0.15) is 13.2 Å². The van der Waals surface area contributed by atoms with Crippen molar-refractivity contribution in [3.05, 3.63) is 88.6 Å². The largest absolute Gasteiger partial charge is 0.406 e. The van der Waals surface area contributed by atoms with E-state index in [2.05, 4.69) is 15.6 Å². The van der Waals surface area contributed by atoms with Crippen LogP contribution in [0.3, 0.4) is 0 Å². The van der Waals surface area contributed by atoms with Crippen LogP contribution in [0.5, 0.6) is 0 Å². The molecule has 2 aromatic carbocycles. The third kappa shape index (κ3) is 4.26. The van der Waals surface area contributed by atoms with Crippen molar-refractivity contribution < 1.29 is 32.3 Å². The van der Waals surface area contributed by atoms with Gasteiger partial charge < -0.3 is 10.6 Å². The number of halogens is 3. The fraction of sp³-hybridized carbons (Fsp3) is 0.344. The summed E-state index contributed by atoms with van der Waals surface area (Å²) in [6.45, 7) is -2.35. The Hall–Kier alpha value is -4.74. The minimum atomic E-state index is -4.80. The topological polar surface area (TPSA) is 112 Å².